The van der Waals surface area contributed by atoms with Crippen molar-refractivity contribution in [2.75, 3.05) is 26.8 Å². The number of amides is 1. The Morgan fingerprint density at radius 3 is 2.76 bits per heavy atom. The Morgan fingerprint density at radius 1 is 1.32 bits per heavy atom. The number of methoxy groups -OCH3 is 1. The van der Waals surface area contributed by atoms with Crippen LogP contribution in [0.15, 0.2) is 30.9 Å². The van der Waals surface area contributed by atoms with Crippen LogP contribution in [0, 0.1) is 0 Å². The van der Waals surface area contributed by atoms with Crippen LogP contribution < -0.4 is 0 Å². The van der Waals surface area contributed by atoms with Gasteiger partial charge in [0.1, 0.15) is 11.9 Å². The minimum atomic E-state index is -0.199. The number of piperidine rings is 1. The molecule has 3 heterocycles. The van der Waals surface area contributed by atoms with Crippen molar-refractivity contribution in [3.63, 3.8) is 0 Å². The highest BCUT2D eigenvalue weighted by Crippen LogP contribution is 2.28. The summed E-state index contributed by atoms with van der Waals surface area (Å²) in [5.74, 6) is 1.69. The summed E-state index contributed by atoms with van der Waals surface area (Å²) in [6.45, 7) is 5.09. The van der Waals surface area contributed by atoms with Gasteiger partial charge in [0, 0.05) is 57.4 Å². The summed E-state index contributed by atoms with van der Waals surface area (Å²) in [5, 5.41) is 4.24. The first-order chi connectivity index (χ1) is 12.2. The Morgan fingerprint density at radius 2 is 2.12 bits per heavy atom. The average Bonchev–Trinajstić information content (AvgIpc) is 3.32. The molecule has 0 spiro atoms. The van der Waals surface area contributed by atoms with Crippen LogP contribution in [0.25, 0.3) is 0 Å². The molecule has 1 aliphatic heterocycles. The minimum absolute atomic E-state index is 0.173. The average molecular weight is 345 g/mol. The number of imidazole rings is 1. The van der Waals surface area contributed by atoms with E-state index in [0.29, 0.717) is 12.5 Å². The lowest BCUT2D eigenvalue weighted by atomic mass is 9.95. The maximum Gasteiger partial charge on any atom is 0.247 e. The van der Waals surface area contributed by atoms with E-state index in [1.54, 1.807) is 18.0 Å². The summed E-state index contributed by atoms with van der Waals surface area (Å²) < 4.78 is 9.11. The molecule has 2 aromatic rings. The van der Waals surface area contributed by atoms with Crippen molar-refractivity contribution in [1.82, 2.24) is 24.2 Å². The first-order valence-corrected chi connectivity index (χ1v) is 9.02. The third kappa shape index (κ3) is 3.92. The highest BCUT2D eigenvalue weighted by molar-refractivity contribution is 5.80. The first-order valence-electron chi connectivity index (χ1n) is 9.02. The van der Waals surface area contributed by atoms with Gasteiger partial charge in [0.2, 0.25) is 5.91 Å². The second-order valence-electron chi connectivity index (χ2n) is 6.48. The number of rotatable bonds is 7. The Labute approximate surface area is 148 Å². The summed E-state index contributed by atoms with van der Waals surface area (Å²) >= 11 is 0. The van der Waals surface area contributed by atoms with Crippen LogP contribution in [-0.4, -0.2) is 56.9 Å². The summed E-state index contributed by atoms with van der Waals surface area (Å²) in [4.78, 5) is 19.4. The molecule has 25 heavy (non-hydrogen) atoms. The van der Waals surface area contributed by atoms with Crippen LogP contribution in [-0.2, 0) is 16.1 Å². The molecule has 0 bridgehead atoms. The Balaban J connectivity index is 1.60. The lowest BCUT2D eigenvalue weighted by Crippen LogP contribution is -2.42. The van der Waals surface area contributed by atoms with Gasteiger partial charge in [-0.05, 0) is 25.3 Å². The molecular formula is C18H27N5O2. The quantitative estimate of drug-likeness (QED) is 0.771. The molecule has 0 radical (unpaired) electrons. The van der Waals surface area contributed by atoms with Crippen LogP contribution in [0.1, 0.15) is 44.0 Å². The highest BCUT2D eigenvalue weighted by Gasteiger charge is 2.30. The molecule has 1 amide bonds. The monoisotopic (exact) mass is 345 g/mol. The summed E-state index contributed by atoms with van der Waals surface area (Å²) in [7, 11) is 1.71. The van der Waals surface area contributed by atoms with E-state index in [2.05, 4.69) is 14.6 Å². The second kappa shape index (κ2) is 8.29. The largest absolute Gasteiger partial charge is 0.383 e. The van der Waals surface area contributed by atoms with Gasteiger partial charge in [0.25, 0.3) is 0 Å². The van der Waals surface area contributed by atoms with Crippen molar-refractivity contribution in [2.45, 2.75) is 44.7 Å². The first kappa shape index (κ1) is 17.7. The van der Waals surface area contributed by atoms with Crippen molar-refractivity contribution in [3.8, 4) is 0 Å². The molecule has 7 heteroatoms. The van der Waals surface area contributed by atoms with Gasteiger partial charge in [-0.25, -0.2) is 4.98 Å². The molecule has 3 rings (SSSR count). The predicted octanol–water partition coefficient (Wildman–Crippen LogP) is 2.08. The number of hydrogen-bond donors (Lipinski definition) is 0. The predicted molar refractivity (Wildman–Crippen MR) is 94.2 cm³/mol. The van der Waals surface area contributed by atoms with E-state index < -0.39 is 0 Å². The van der Waals surface area contributed by atoms with E-state index in [1.165, 1.54) is 0 Å². The summed E-state index contributed by atoms with van der Waals surface area (Å²) in [6, 6.07) is 1.66. The molecule has 1 fully saturated rings. The van der Waals surface area contributed by atoms with E-state index in [9.17, 15) is 4.79 Å². The van der Waals surface area contributed by atoms with Crippen LogP contribution in [0.2, 0.25) is 0 Å². The number of nitrogens with zero attached hydrogens (tertiary/aromatic N) is 5. The van der Waals surface area contributed by atoms with Gasteiger partial charge in [0.15, 0.2) is 0 Å². The molecule has 1 aliphatic rings. The van der Waals surface area contributed by atoms with Gasteiger partial charge >= 0.3 is 0 Å². The Bertz CT molecular complexity index is 659. The van der Waals surface area contributed by atoms with Crippen LogP contribution in [0.4, 0.5) is 0 Å². The van der Waals surface area contributed by atoms with Crippen LogP contribution in [0.3, 0.4) is 0 Å². The third-order valence-corrected chi connectivity index (χ3v) is 4.97. The Hall–Kier alpha value is -2.15. The fourth-order valence-corrected chi connectivity index (χ4v) is 3.57. The van der Waals surface area contributed by atoms with Crippen molar-refractivity contribution >= 4 is 5.91 Å². The standard InChI is InChI=1S/C18H27N5O2/c1-3-16(23-9-4-7-20-23)18(24)22-10-5-15(6-11-22)17-19-8-12-21(17)13-14-25-2/h4,7-9,12,15-16H,3,5-6,10-11,13-14H2,1-2H3/t16-/m1/s1. The van der Waals surface area contributed by atoms with Crippen molar-refractivity contribution in [3.05, 3.63) is 36.7 Å². The number of aromatic nitrogens is 4. The molecule has 1 atom stereocenters. The summed E-state index contributed by atoms with van der Waals surface area (Å²) in [6.07, 6.45) is 10.1. The van der Waals surface area contributed by atoms with Crippen molar-refractivity contribution in [2.24, 2.45) is 0 Å². The molecule has 0 saturated carbocycles. The number of hydrogen-bond acceptors (Lipinski definition) is 4. The van der Waals surface area contributed by atoms with Gasteiger partial charge in [-0.15, -0.1) is 0 Å². The zero-order valence-electron chi connectivity index (χ0n) is 15.0. The Kier molecular flexibility index (Phi) is 5.86. The third-order valence-electron chi connectivity index (χ3n) is 4.97. The molecule has 0 unspecified atom stereocenters. The fourth-order valence-electron chi connectivity index (χ4n) is 3.57. The normalized spacial score (nSPS) is 17.0. The molecule has 0 N–H and O–H groups in total. The minimum Gasteiger partial charge on any atom is -0.383 e. The topological polar surface area (TPSA) is 65.2 Å². The van der Waals surface area contributed by atoms with E-state index in [0.717, 1.165) is 44.7 Å². The van der Waals surface area contributed by atoms with Crippen molar-refractivity contribution < 1.29 is 9.53 Å². The maximum absolute atomic E-state index is 12.9. The molecule has 1 saturated heterocycles. The number of carbonyl (C=O) groups excluding carboxylic acids is 1. The molecule has 2 aromatic heterocycles. The van der Waals surface area contributed by atoms with Crippen molar-refractivity contribution in [1.29, 1.82) is 0 Å². The van der Waals surface area contributed by atoms with Gasteiger partial charge < -0.3 is 14.2 Å². The zero-order chi connectivity index (χ0) is 17.6. The lowest BCUT2D eigenvalue weighted by Gasteiger charge is -2.34. The highest BCUT2D eigenvalue weighted by atomic mass is 16.5. The van der Waals surface area contributed by atoms with Crippen LogP contribution in [0.5, 0.6) is 0 Å². The van der Waals surface area contributed by atoms with E-state index in [1.807, 2.05) is 36.5 Å². The number of ether oxygens (including phenoxy) is 1. The SMILES string of the molecule is CC[C@H](C(=O)N1CCC(c2nccn2CCOC)CC1)n1cccn1. The molecular weight excluding hydrogens is 318 g/mol. The molecule has 7 nitrogen and oxygen atoms in total. The van der Waals surface area contributed by atoms with Gasteiger partial charge in [-0.2, -0.15) is 5.10 Å². The summed E-state index contributed by atoms with van der Waals surface area (Å²) in [5.41, 5.74) is 0. The fraction of sp³-hybridized carbons (Fsp3) is 0.611. The zero-order valence-corrected chi connectivity index (χ0v) is 15.0. The maximum atomic E-state index is 12.9. The lowest BCUT2D eigenvalue weighted by molar-refractivity contribution is -0.136. The molecule has 0 aromatic carbocycles. The van der Waals surface area contributed by atoms with E-state index >= 15 is 0 Å². The van der Waals surface area contributed by atoms with Gasteiger partial charge in [-0.1, -0.05) is 6.92 Å². The number of carbonyl (C=O) groups is 1. The smallest absolute Gasteiger partial charge is 0.247 e. The number of likely N-dealkylation sites (tertiary alicyclic amines) is 1. The van der Waals surface area contributed by atoms with E-state index in [4.69, 9.17) is 4.74 Å². The molecule has 0 aliphatic carbocycles. The molecule has 136 valence electrons. The van der Waals surface area contributed by atoms with Crippen LogP contribution >= 0.6 is 0 Å². The second-order valence-corrected chi connectivity index (χ2v) is 6.48. The van der Waals surface area contributed by atoms with Gasteiger partial charge in [-0.3, -0.25) is 9.48 Å². The van der Waals surface area contributed by atoms with E-state index in [-0.39, 0.29) is 11.9 Å². The van der Waals surface area contributed by atoms with Gasteiger partial charge in [0.05, 0.1) is 6.61 Å².